The Bertz CT molecular complexity index is 403. The Kier molecular flexibility index (Phi) is 3.79. The second-order valence-corrected chi connectivity index (χ2v) is 4.74. The van der Waals surface area contributed by atoms with Gasteiger partial charge < -0.3 is 10.2 Å². The van der Waals surface area contributed by atoms with Gasteiger partial charge in [-0.1, -0.05) is 25.1 Å². The Morgan fingerprint density at radius 3 is 2.88 bits per heavy atom. The van der Waals surface area contributed by atoms with Crippen molar-refractivity contribution in [3.8, 4) is 0 Å². The predicted molar refractivity (Wildman–Crippen MR) is 70.2 cm³/mol. The van der Waals surface area contributed by atoms with Crippen LogP contribution in [0.2, 0.25) is 0 Å². The molecule has 0 aliphatic carbocycles. The van der Waals surface area contributed by atoms with Crippen molar-refractivity contribution in [2.24, 2.45) is 5.92 Å². The summed E-state index contributed by atoms with van der Waals surface area (Å²) in [4.78, 5) is 14.3. The predicted octanol–water partition coefficient (Wildman–Crippen LogP) is 1.96. The van der Waals surface area contributed by atoms with E-state index < -0.39 is 0 Å². The number of nitrogens with zero attached hydrogens (tertiary/aromatic N) is 1. The van der Waals surface area contributed by atoms with Gasteiger partial charge in [-0.25, -0.2) is 0 Å². The summed E-state index contributed by atoms with van der Waals surface area (Å²) in [6.07, 6.45) is 1.01. The van der Waals surface area contributed by atoms with Gasteiger partial charge in [-0.05, 0) is 31.5 Å². The van der Waals surface area contributed by atoms with Crippen LogP contribution in [0.1, 0.15) is 18.9 Å². The van der Waals surface area contributed by atoms with E-state index in [9.17, 15) is 4.79 Å². The summed E-state index contributed by atoms with van der Waals surface area (Å²) < 4.78 is 0. The number of benzene rings is 1. The number of amides is 1. The van der Waals surface area contributed by atoms with Crippen molar-refractivity contribution in [1.82, 2.24) is 5.32 Å². The van der Waals surface area contributed by atoms with E-state index in [-0.39, 0.29) is 11.8 Å². The number of nitrogens with one attached hydrogen (secondary N) is 1. The zero-order valence-corrected chi connectivity index (χ0v) is 10.6. The number of carbonyl (C=O) groups excluding carboxylic acids is 1. The first-order valence-electron chi connectivity index (χ1n) is 6.28. The lowest BCUT2D eigenvalue weighted by Gasteiger charge is -2.29. The molecule has 1 unspecified atom stereocenters. The quantitative estimate of drug-likeness (QED) is 0.802. The van der Waals surface area contributed by atoms with Crippen molar-refractivity contribution in [3.63, 3.8) is 0 Å². The molecule has 0 radical (unpaired) electrons. The zero-order chi connectivity index (χ0) is 12.3. The second kappa shape index (κ2) is 5.32. The highest BCUT2D eigenvalue weighted by Gasteiger charge is 2.23. The normalized spacial score (nSPS) is 22.1. The topological polar surface area (TPSA) is 32.3 Å². The van der Waals surface area contributed by atoms with Crippen LogP contribution >= 0.6 is 0 Å². The molecule has 1 aromatic carbocycles. The number of carbonyl (C=O) groups is 1. The molecular formula is C14H20N2O. The molecule has 0 saturated carbocycles. The molecule has 1 aliphatic heterocycles. The van der Waals surface area contributed by atoms with Crippen LogP contribution in [-0.2, 0) is 4.79 Å². The van der Waals surface area contributed by atoms with E-state index >= 15 is 0 Å². The maximum atomic E-state index is 12.3. The molecule has 1 saturated heterocycles. The third-order valence-corrected chi connectivity index (χ3v) is 3.28. The van der Waals surface area contributed by atoms with Gasteiger partial charge in [-0.2, -0.15) is 0 Å². The SMILES string of the molecule is Cc1ccccc1N1CCCNCC(C)C1=O. The van der Waals surface area contributed by atoms with Crippen LogP contribution in [-0.4, -0.2) is 25.5 Å². The lowest BCUT2D eigenvalue weighted by atomic mass is 10.1. The summed E-state index contributed by atoms with van der Waals surface area (Å²) in [5, 5.41) is 3.31. The molecule has 92 valence electrons. The fourth-order valence-corrected chi connectivity index (χ4v) is 2.25. The molecule has 1 aromatic rings. The Morgan fingerprint density at radius 2 is 2.12 bits per heavy atom. The molecule has 1 heterocycles. The average Bonchev–Trinajstić information content (AvgIpc) is 2.32. The molecule has 2 rings (SSSR count). The monoisotopic (exact) mass is 232 g/mol. The van der Waals surface area contributed by atoms with Crippen LogP contribution < -0.4 is 10.2 Å². The van der Waals surface area contributed by atoms with Gasteiger partial charge in [-0.15, -0.1) is 0 Å². The molecule has 1 N–H and O–H groups in total. The number of hydrogen-bond acceptors (Lipinski definition) is 2. The van der Waals surface area contributed by atoms with Crippen LogP contribution in [0.4, 0.5) is 5.69 Å². The molecule has 1 amide bonds. The van der Waals surface area contributed by atoms with Gasteiger partial charge in [0, 0.05) is 24.7 Å². The summed E-state index contributed by atoms with van der Waals surface area (Å²) in [6, 6.07) is 8.11. The van der Waals surface area contributed by atoms with Crippen LogP contribution in [0, 0.1) is 12.8 Å². The molecule has 1 fully saturated rings. The van der Waals surface area contributed by atoms with Crippen molar-refractivity contribution in [2.75, 3.05) is 24.5 Å². The van der Waals surface area contributed by atoms with E-state index in [1.54, 1.807) is 0 Å². The minimum absolute atomic E-state index is 0.0508. The summed E-state index contributed by atoms with van der Waals surface area (Å²) in [5.74, 6) is 0.279. The van der Waals surface area contributed by atoms with Crippen molar-refractivity contribution < 1.29 is 4.79 Å². The lowest BCUT2D eigenvalue weighted by Crippen LogP contribution is -2.43. The van der Waals surface area contributed by atoms with Gasteiger partial charge in [0.2, 0.25) is 5.91 Å². The molecule has 0 aromatic heterocycles. The van der Waals surface area contributed by atoms with Crippen molar-refractivity contribution in [3.05, 3.63) is 29.8 Å². The van der Waals surface area contributed by atoms with E-state index in [1.165, 1.54) is 5.56 Å². The van der Waals surface area contributed by atoms with E-state index in [4.69, 9.17) is 0 Å². The Balaban J connectivity index is 2.28. The third kappa shape index (κ3) is 2.67. The number of anilines is 1. The first kappa shape index (κ1) is 12.1. The second-order valence-electron chi connectivity index (χ2n) is 4.74. The highest BCUT2D eigenvalue weighted by Crippen LogP contribution is 2.22. The highest BCUT2D eigenvalue weighted by molar-refractivity contribution is 5.95. The van der Waals surface area contributed by atoms with E-state index in [0.29, 0.717) is 0 Å². The minimum Gasteiger partial charge on any atom is -0.316 e. The van der Waals surface area contributed by atoms with Crippen LogP contribution in [0.15, 0.2) is 24.3 Å². The summed E-state index contributed by atoms with van der Waals surface area (Å²) in [6.45, 7) is 6.62. The zero-order valence-electron chi connectivity index (χ0n) is 10.6. The largest absolute Gasteiger partial charge is 0.316 e. The van der Waals surface area contributed by atoms with Crippen LogP contribution in [0.25, 0.3) is 0 Å². The average molecular weight is 232 g/mol. The standard InChI is InChI=1S/C14H20N2O/c1-11-6-3-4-7-13(11)16-9-5-8-15-10-12(2)14(16)17/h3-4,6-7,12,15H,5,8-10H2,1-2H3. The lowest BCUT2D eigenvalue weighted by molar-refractivity contribution is -0.122. The smallest absolute Gasteiger partial charge is 0.231 e. The molecule has 17 heavy (non-hydrogen) atoms. The van der Waals surface area contributed by atoms with Crippen LogP contribution in [0.3, 0.4) is 0 Å². The first-order valence-corrected chi connectivity index (χ1v) is 6.28. The van der Waals surface area contributed by atoms with Gasteiger partial charge in [0.25, 0.3) is 0 Å². The minimum atomic E-state index is 0.0508. The van der Waals surface area contributed by atoms with Crippen molar-refractivity contribution in [1.29, 1.82) is 0 Å². The molecular weight excluding hydrogens is 212 g/mol. The van der Waals surface area contributed by atoms with Crippen molar-refractivity contribution in [2.45, 2.75) is 20.3 Å². The molecule has 0 spiro atoms. The van der Waals surface area contributed by atoms with Gasteiger partial charge in [0.05, 0.1) is 0 Å². The first-order chi connectivity index (χ1) is 8.20. The maximum Gasteiger partial charge on any atom is 0.231 e. The van der Waals surface area contributed by atoms with Gasteiger partial charge >= 0.3 is 0 Å². The van der Waals surface area contributed by atoms with Gasteiger partial charge in [0.15, 0.2) is 0 Å². The Morgan fingerprint density at radius 1 is 1.35 bits per heavy atom. The third-order valence-electron chi connectivity index (χ3n) is 3.28. The van der Waals surface area contributed by atoms with Crippen molar-refractivity contribution >= 4 is 11.6 Å². The summed E-state index contributed by atoms with van der Waals surface area (Å²) in [5.41, 5.74) is 2.23. The number of para-hydroxylation sites is 1. The van der Waals surface area contributed by atoms with E-state index in [1.807, 2.05) is 30.0 Å². The van der Waals surface area contributed by atoms with Gasteiger partial charge in [-0.3, -0.25) is 4.79 Å². The summed E-state index contributed by atoms with van der Waals surface area (Å²) in [7, 11) is 0. The Labute approximate surface area is 103 Å². The molecule has 1 atom stereocenters. The van der Waals surface area contributed by atoms with Gasteiger partial charge in [0.1, 0.15) is 0 Å². The van der Waals surface area contributed by atoms with E-state index in [2.05, 4.69) is 18.3 Å². The Hall–Kier alpha value is -1.35. The molecule has 0 bridgehead atoms. The van der Waals surface area contributed by atoms with Crippen LogP contribution in [0.5, 0.6) is 0 Å². The fourth-order valence-electron chi connectivity index (χ4n) is 2.25. The molecule has 1 aliphatic rings. The number of hydrogen-bond donors (Lipinski definition) is 1. The molecule has 3 heteroatoms. The molecule has 3 nitrogen and oxygen atoms in total. The van der Waals surface area contributed by atoms with E-state index in [0.717, 1.165) is 31.7 Å². The fraction of sp³-hybridized carbons (Fsp3) is 0.500. The number of rotatable bonds is 1. The number of aryl methyl sites for hydroxylation is 1. The highest BCUT2D eigenvalue weighted by atomic mass is 16.2. The summed E-state index contributed by atoms with van der Waals surface area (Å²) >= 11 is 0. The maximum absolute atomic E-state index is 12.3.